The number of aromatic nitrogens is 2. The number of halogens is 1. The van der Waals surface area contributed by atoms with Crippen LogP contribution in [0.4, 0.5) is 5.82 Å². The summed E-state index contributed by atoms with van der Waals surface area (Å²) in [5, 5.41) is 13.6. The molecule has 0 saturated heterocycles. The standard InChI is InChI=1S/C10H16BrN3O/c11-9-6-14(13-10(9)12)5-7-1-3-8(15)4-2-7/h6-8,15H,1-5H2,(H2,12,13). The molecule has 5 heteroatoms. The summed E-state index contributed by atoms with van der Waals surface area (Å²) < 4.78 is 2.75. The van der Waals surface area contributed by atoms with Crippen molar-refractivity contribution in [2.75, 3.05) is 5.73 Å². The van der Waals surface area contributed by atoms with Crippen LogP contribution < -0.4 is 5.73 Å². The van der Waals surface area contributed by atoms with Gasteiger partial charge in [0, 0.05) is 12.7 Å². The third-order valence-electron chi connectivity index (χ3n) is 3.00. The summed E-state index contributed by atoms with van der Waals surface area (Å²) in [6, 6.07) is 0. The molecule has 1 fully saturated rings. The minimum Gasteiger partial charge on any atom is -0.393 e. The molecular weight excluding hydrogens is 258 g/mol. The lowest BCUT2D eigenvalue weighted by atomic mass is 9.87. The number of nitrogen functional groups attached to an aromatic ring is 1. The Hall–Kier alpha value is -0.550. The van der Waals surface area contributed by atoms with Crippen LogP contribution in [0.1, 0.15) is 25.7 Å². The highest BCUT2D eigenvalue weighted by Gasteiger charge is 2.20. The van der Waals surface area contributed by atoms with Crippen LogP contribution in [-0.4, -0.2) is 21.0 Å². The molecule has 1 aromatic heterocycles. The molecule has 0 radical (unpaired) electrons. The van der Waals surface area contributed by atoms with E-state index in [1.807, 2.05) is 10.9 Å². The number of hydrogen-bond acceptors (Lipinski definition) is 3. The molecule has 1 aliphatic rings. The molecular formula is C10H16BrN3O. The summed E-state index contributed by atoms with van der Waals surface area (Å²) in [6.45, 7) is 0.905. The summed E-state index contributed by atoms with van der Waals surface area (Å²) in [4.78, 5) is 0. The van der Waals surface area contributed by atoms with Gasteiger partial charge in [0.25, 0.3) is 0 Å². The van der Waals surface area contributed by atoms with E-state index in [0.717, 1.165) is 36.7 Å². The third kappa shape index (κ3) is 2.72. The highest BCUT2D eigenvalue weighted by atomic mass is 79.9. The maximum absolute atomic E-state index is 9.39. The first-order valence-electron chi connectivity index (χ1n) is 5.31. The molecule has 2 rings (SSSR count). The molecule has 3 N–H and O–H groups in total. The molecule has 1 aromatic rings. The average molecular weight is 274 g/mol. The summed E-state index contributed by atoms with van der Waals surface area (Å²) in [5.41, 5.74) is 5.65. The molecule has 84 valence electrons. The number of anilines is 1. The zero-order valence-electron chi connectivity index (χ0n) is 8.56. The SMILES string of the molecule is Nc1nn(CC2CCC(O)CC2)cc1Br. The van der Waals surface area contributed by atoms with Crippen molar-refractivity contribution in [2.45, 2.75) is 38.3 Å². The van der Waals surface area contributed by atoms with Crippen LogP contribution >= 0.6 is 15.9 Å². The molecule has 0 spiro atoms. The fraction of sp³-hybridized carbons (Fsp3) is 0.700. The summed E-state index contributed by atoms with van der Waals surface area (Å²) in [7, 11) is 0. The maximum Gasteiger partial charge on any atom is 0.159 e. The smallest absolute Gasteiger partial charge is 0.159 e. The van der Waals surface area contributed by atoms with E-state index < -0.39 is 0 Å². The molecule has 0 aromatic carbocycles. The van der Waals surface area contributed by atoms with Crippen molar-refractivity contribution in [3.05, 3.63) is 10.7 Å². The van der Waals surface area contributed by atoms with Crippen LogP contribution in [-0.2, 0) is 6.54 Å². The van der Waals surface area contributed by atoms with E-state index in [2.05, 4.69) is 21.0 Å². The van der Waals surface area contributed by atoms with Gasteiger partial charge in [-0.05, 0) is 47.5 Å². The number of aliphatic hydroxyl groups excluding tert-OH is 1. The van der Waals surface area contributed by atoms with E-state index in [-0.39, 0.29) is 6.10 Å². The quantitative estimate of drug-likeness (QED) is 0.864. The minimum atomic E-state index is -0.0873. The van der Waals surface area contributed by atoms with E-state index in [4.69, 9.17) is 5.73 Å². The highest BCUT2D eigenvalue weighted by molar-refractivity contribution is 9.10. The van der Waals surface area contributed by atoms with Gasteiger partial charge in [-0.25, -0.2) is 0 Å². The molecule has 0 amide bonds. The highest BCUT2D eigenvalue weighted by Crippen LogP contribution is 2.26. The van der Waals surface area contributed by atoms with Gasteiger partial charge in [0.05, 0.1) is 10.6 Å². The molecule has 4 nitrogen and oxygen atoms in total. The van der Waals surface area contributed by atoms with Gasteiger partial charge >= 0.3 is 0 Å². The zero-order chi connectivity index (χ0) is 10.8. The van der Waals surface area contributed by atoms with Gasteiger partial charge in [0.15, 0.2) is 5.82 Å². The van der Waals surface area contributed by atoms with Gasteiger partial charge in [0.1, 0.15) is 0 Å². The maximum atomic E-state index is 9.39. The predicted octanol–water partition coefficient (Wildman–Crippen LogP) is 1.78. The number of rotatable bonds is 2. The van der Waals surface area contributed by atoms with Crippen LogP contribution in [0.3, 0.4) is 0 Å². The van der Waals surface area contributed by atoms with E-state index in [0.29, 0.717) is 11.7 Å². The number of hydrogen-bond donors (Lipinski definition) is 2. The Morgan fingerprint density at radius 3 is 2.67 bits per heavy atom. The van der Waals surface area contributed by atoms with Crippen LogP contribution in [0.25, 0.3) is 0 Å². The molecule has 1 aliphatic carbocycles. The monoisotopic (exact) mass is 273 g/mol. The van der Waals surface area contributed by atoms with E-state index >= 15 is 0 Å². The van der Waals surface area contributed by atoms with Crippen LogP contribution in [0.2, 0.25) is 0 Å². The first-order chi connectivity index (χ1) is 7.15. The summed E-state index contributed by atoms with van der Waals surface area (Å²) in [6.07, 6.45) is 5.83. The van der Waals surface area contributed by atoms with Gasteiger partial charge in [-0.3, -0.25) is 4.68 Å². The van der Waals surface area contributed by atoms with Crippen LogP contribution in [0, 0.1) is 5.92 Å². The second-order valence-corrected chi connectivity index (χ2v) is 5.11. The van der Waals surface area contributed by atoms with Crippen molar-refractivity contribution in [1.29, 1.82) is 0 Å². The van der Waals surface area contributed by atoms with E-state index in [1.165, 1.54) is 0 Å². The fourth-order valence-electron chi connectivity index (χ4n) is 2.10. The average Bonchev–Trinajstić information content (AvgIpc) is 2.50. The molecule has 0 bridgehead atoms. The van der Waals surface area contributed by atoms with Gasteiger partial charge in [-0.1, -0.05) is 0 Å². The molecule has 15 heavy (non-hydrogen) atoms. The Labute approximate surface area is 97.6 Å². The van der Waals surface area contributed by atoms with Crippen molar-refractivity contribution in [1.82, 2.24) is 9.78 Å². The predicted molar refractivity (Wildman–Crippen MR) is 62.3 cm³/mol. The first-order valence-corrected chi connectivity index (χ1v) is 6.11. The number of aliphatic hydroxyl groups is 1. The lowest BCUT2D eigenvalue weighted by Gasteiger charge is -2.25. The normalized spacial score (nSPS) is 26.8. The fourth-order valence-corrected chi connectivity index (χ4v) is 2.41. The lowest BCUT2D eigenvalue weighted by molar-refractivity contribution is 0.103. The van der Waals surface area contributed by atoms with Crippen molar-refractivity contribution in [3.8, 4) is 0 Å². The molecule has 1 saturated carbocycles. The first kappa shape index (κ1) is 11.0. The second kappa shape index (κ2) is 4.53. The molecule has 0 atom stereocenters. The molecule has 0 unspecified atom stereocenters. The Morgan fingerprint density at radius 2 is 2.13 bits per heavy atom. The van der Waals surface area contributed by atoms with Crippen molar-refractivity contribution < 1.29 is 5.11 Å². The Bertz CT molecular complexity index is 312. The zero-order valence-corrected chi connectivity index (χ0v) is 10.2. The van der Waals surface area contributed by atoms with Gasteiger partial charge in [-0.15, -0.1) is 0 Å². The number of nitrogens with zero attached hydrogens (tertiary/aromatic N) is 2. The van der Waals surface area contributed by atoms with Crippen molar-refractivity contribution in [3.63, 3.8) is 0 Å². The number of nitrogens with two attached hydrogens (primary N) is 1. The molecule has 1 heterocycles. The van der Waals surface area contributed by atoms with Crippen molar-refractivity contribution in [2.24, 2.45) is 5.92 Å². The lowest BCUT2D eigenvalue weighted by Crippen LogP contribution is -2.21. The van der Waals surface area contributed by atoms with Gasteiger partial charge < -0.3 is 10.8 Å². The van der Waals surface area contributed by atoms with Gasteiger partial charge in [-0.2, -0.15) is 5.10 Å². The Morgan fingerprint density at radius 1 is 1.47 bits per heavy atom. The van der Waals surface area contributed by atoms with E-state index in [9.17, 15) is 5.11 Å². The molecule has 0 aliphatic heterocycles. The topological polar surface area (TPSA) is 64.1 Å². The second-order valence-electron chi connectivity index (χ2n) is 4.26. The van der Waals surface area contributed by atoms with Crippen LogP contribution in [0.5, 0.6) is 0 Å². The Kier molecular flexibility index (Phi) is 3.31. The summed E-state index contributed by atoms with van der Waals surface area (Å²) in [5.74, 6) is 1.17. The minimum absolute atomic E-state index is 0.0873. The van der Waals surface area contributed by atoms with Gasteiger partial charge in [0.2, 0.25) is 0 Å². The van der Waals surface area contributed by atoms with E-state index in [1.54, 1.807) is 0 Å². The Balaban J connectivity index is 1.91. The third-order valence-corrected chi connectivity index (χ3v) is 3.62. The summed E-state index contributed by atoms with van der Waals surface area (Å²) >= 11 is 3.34. The van der Waals surface area contributed by atoms with Crippen LogP contribution in [0.15, 0.2) is 10.7 Å². The van der Waals surface area contributed by atoms with Crippen molar-refractivity contribution >= 4 is 21.7 Å². The largest absolute Gasteiger partial charge is 0.393 e.